The number of nitrogens with zero attached hydrogens (tertiary/aromatic N) is 1. The Hall–Kier alpha value is -1.37. The average Bonchev–Trinajstić information content (AvgIpc) is 2.45. The van der Waals surface area contributed by atoms with Gasteiger partial charge in [0.1, 0.15) is 0 Å². The van der Waals surface area contributed by atoms with Crippen LogP contribution in [0.5, 0.6) is 0 Å². The predicted molar refractivity (Wildman–Crippen MR) is 69.0 cm³/mol. The highest BCUT2D eigenvalue weighted by molar-refractivity contribution is 5.19. The Bertz CT molecular complexity index is 453. The van der Waals surface area contributed by atoms with Crippen molar-refractivity contribution in [2.75, 3.05) is 13.2 Å². The minimum Gasteiger partial charge on any atom is -0.374 e. The number of ether oxygens (including phenoxy) is 1. The van der Waals surface area contributed by atoms with Gasteiger partial charge in [0, 0.05) is 12.3 Å². The van der Waals surface area contributed by atoms with Crippen LogP contribution in [-0.2, 0) is 11.2 Å². The minimum atomic E-state index is 0.0501. The molecule has 1 aromatic rings. The van der Waals surface area contributed by atoms with E-state index in [-0.39, 0.29) is 17.6 Å². The summed E-state index contributed by atoms with van der Waals surface area (Å²) in [5, 5.41) is 12.7. The number of nitrogens with one attached hydrogen (secondary N) is 1. The standard InChI is InChI=1S/C15H18N2O/c16-10-13-6-7-17-15(9-13)11-18-14(15)8-12-4-2-1-3-5-12/h1-5,13-14,17H,6-9,11H2. The minimum absolute atomic E-state index is 0.0501. The highest BCUT2D eigenvalue weighted by Gasteiger charge is 2.50. The number of piperidine rings is 1. The summed E-state index contributed by atoms with van der Waals surface area (Å²) in [6.45, 7) is 1.69. The molecule has 2 aliphatic heterocycles. The second-order valence-corrected chi connectivity index (χ2v) is 5.39. The molecule has 2 aliphatic rings. The largest absolute Gasteiger partial charge is 0.374 e. The number of nitriles is 1. The molecule has 94 valence electrons. The summed E-state index contributed by atoms with van der Waals surface area (Å²) in [6.07, 6.45) is 3.06. The van der Waals surface area contributed by atoms with Gasteiger partial charge >= 0.3 is 0 Å². The third kappa shape index (κ3) is 2.03. The first kappa shape index (κ1) is 11.7. The highest BCUT2D eigenvalue weighted by atomic mass is 16.5. The van der Waals surface area contributed by atoms with E-state index in [0.717, 1.165) is 32.4 Å². The van der Waals surface area contributed by atoms with Crippen molar-refractivity contribution in [2.45, 2.75) is 30.9 Å². The molecular formula is C15H18N2O. The third-order valence-electron chi connectivity index (χ3n) is 4.19. The normalized spacial score (nSPS) is 34.8. The summed E-state index contributed by atoms with van der Waals surface area (Å²) >= 11 is 0. The lowest BCUT2D eigenvalue weighted by Crippen LogP contribution is -2.70. The number of rotatable bonds is 2. The van der Waals surface area contributed by atoms with Crippen molar-refractivity contribution in [1.82, 2.24) is 5.32 Å². The van der Waals surface area contributed by atoms with Crippen molar-refractivity contribution >= 4 is 0 Å². The molecule has 0 amide bonds. The average molecular weight is 242 g/mol. The highest BCUT2D eigenvalue weighted by Crippen LogP contribution is 2.37. The van der Waals surface area contributed by atoms with Crippen LogP contribution in [0.4, 0.5) is 0 Å². The van der Waals surface area contributed by atoms with Gasteiger partial charge in [-0.1, -0.05) is 30.3 Å². The van der Waals surface area contributed by atoms with E-state index in [9.17, 15) is 0 Å². The van der Waals surface area contributed by atoms with Crippen LogP contribution in [0.2, 0.25) is 0 Å². The van der Waals surface area contributed by atoms with Crippen molar-refractivity contribution in [3.05, 3.63) is 35.9 Å². The van der Waals surface area contributed by atoms with Crippen LogP contribution in [0, 0.1) is 17.2 Å². The van der Waals surface area contributed by atoms with E-state index < -0.39 is 0 Å². The fourth-order valence-corrected chi connectivity index (χ4v) is 3.06. The first-order chi connectivity index (χ1) is 8.82. The molecule has 18 heavy (non-hydrogen) atoms. The van der Waals surface area contributed by atoms with Crippen molar-refractivity contribution in [1.29, 1.82) is 5.26 Å². The maximum Gasteiger partial charge on any atom is 0.0820 e. The molecule has 2 fully saturated rings. The zero-order valence-electron chi connectivity index (χ0n) is 10.4. The Morgan fingerprint density at radius 2 is 2.22 bits per heavy atom. The first-order valence-electron chi connectivity index (χ1n) is 6.62. The predicted octanol–water partition coefficient (Wildman–Crippen LogP) is 1.89. The van der Waals surface area contributed by atoms with Crippen LogP contribution in [0.3, 0.4) is 0 Å². The van der Waals surface area contributed by atoms with Gasteiger partial charge in [-0.2, -0.15) is 5.26 Å². The Kier molecular flexibility index (Phi) is 3.07. The molecule has 0 bridgehead atoms. The molecule has 0 aromatic heterocycles. The Balaban J connectivity index is 1.69. The fourth-order valence-electron chi connectivity index (χ4n) is 3.06. The van der Waals surface area contributed by atoms with E-state index in [2.05, 4.69) is 35.7 Å². The third-order valence-corrected chi connectivity index (χ3v) is 4.19. The van der Waals surface area contributed by atoms with Crippen molar-refractivity contribution in [3.63, 3.8) is 0 Å². The molecule has 3 nitrogen and oxygen atoms in total. The number of hydrogen-bond acceptors (Lipinski definition) is 3. The molecule has 2 saturated heterocycles. The van der Waals surface area contributed by atoms with Crippen LogP contribution < -0.4 is 5.32 Å². The van der Waals surface area contributed by atoms with Gasteiger partial charge in [-0.05, 0) is 24.9 Å². The van der Waals surface area contributed by atoms with Gasteiger partial charge in [-0.3, -0.25) is 0 Å². The molecule has 3 heteroatoms. The van der Waals surface area contributed by atoms with Crippen molar-refractivity contribution < 1.29 is 4.74 Å². The van der Waals surface area contributed by atoms with Crippen LogP contribution >= 0.6 is 0 Å². The lowest BCUT2D eigenvalue weighted by molar-refractivity contribution is -0.161. The molecule has 3 atom stereocenters. The quantitative estimate of drug-likeness (QED) is 0.861. The zero-order valence-corrected chi connectivity index (χ0v) is 10.4. The van der Waals surface area contributed by atoms with Crippen LogP contribution in [0.25, 0.3) is 0 Å². The Morgan fingerprint density at radius 3 is 2.89 bits per heavy atom. The van der Waals surface area contributed by atoms with E-state index in [1.54, 1.807) is 0 Å². The Morgan fingerprint density at radius 1 is 1.39 bits per heavy atom. The fraction of sp³-hybridized carbons (Fsp3) is 0.533. The van der Waals surface area contributed by atoms with E-state index in [4.69, 9.17) is 10.00 Å². The van der Waals surface area contributed by atoms with Crippen LogP contribution in [0.1, 0.15) is 18.4 Å². The Labute approximate surface area is 108 Å². The molecule has 0 saturated carbocycles. The molecule has 1 spiro atoms. The van der Waals surface area contributed by atoms with Gasteiger partial charge in [0.05, 0.1) is 24.3 Å². The summed E-state index contributed by atoms with van der Waals surface area (Å²) in [6, 6.07) is 12.9. The number of hydrogen-bond donors (Lipinski definition) is 1. The first-order valence-corrected chi connectivity index (χ1v) is 6.62. The molecule has 1 N–H and O–H groups in total. The summed E-state index contributed by atoms with van der Waals surface area (Å²) in [7, 11) is 0. The maximum absolute atomic E-state index is 9.10. The van der Waals surface area contributed by atoms with E-state index in [1.807, 2.05) is 6.07 Å². The molecule has 0 radical (unpaired) electrons. The molecular weight excluding hydrogens is 224 g/mol. The van der Waals surface area contributed by atoms with Gasteiger partial charge in [0.25, 0.3) is 0 Å². The summed E-state index contributed by atoms with van der Waals surface area (Å²) in [4.78, 5) is 0. The topological polar surface area (TPSA) is 45.0 Å². The van der Waals surface area contributed by atoms with E-state index in [0.29, 0.717) is 0 Å². The molecule has 1 aromatic carbocycles. The van der Waals surface area contributed by atoms with Gasteiger partial charge in [0.2, 0.25) is 0 Å². The number of benzene rings is 1. The smallest absolute Gasteiger partial charge is 0.0820 e. The molecule has 0 aliphatic carbocycles. The molecule has 2 heterocycles. The SMILES string of the molecule is N#CC1CCNC2(COC2Cc2ccccc2)C1. The molecule has 3 rings (SSSR count). The zero-order chi connectivity index (χ0) is 12.4. The van der Waals surface area contributed by atoms with E-state index >= 15 is 0 Å². The van der Waals surface area contributed by atoms with Crippen LogP contribution in [0.15, 0.2) is 30.3 Å². The summed E-state index contributed by atoms with van der Waals surface area (Å²) in [5.74, 6) is 0.188. The van der Waals surface area contributed by atoms with Crippen LogP contribution in [-0.4, -0.2) is 24.8 Å². The van der Waals surface area contributed by atoms with Gasteiger partial charge in [-0.15, -0.1) is 0 Å². The van der Waals surface area contributed by atoms with E-state index in [1.165, 1.54) is 5.56 Å². The summed E-state index contributed by atoms with van der Waals surface area (Å²) < 4.78 is 5.75. The second-order valence-electron chi connectivity index (χ2n) is 5.39. The monoisotopic (exact) mass is 242 g/mol. The van der Waals surface area contributed by atoms with Crippen molar-refractivity contribution in [3.8, 4) is 6.07 Å². The lowest BCUT2D eigenvalue weighted by atomic mass is 9.74. The van der Waals surface area contributed by atoms with Gasteiger partial charge in [0.15, 0.2) is 0 Å². The maximum atomic E-state index is 9.10. The summed E-state index contributed by atoms with van der Waals surface area (Å²) in [5.41, 5.74) is 1.36. The van der Waals surface area contributed by atoms with Crippen molar-refractivity contribution in [2.24, 2.45) is 5.92 Å². The lowest BCUT2D eigenvalue weighted by Gasteiger charge is -2.53. The van der Waals surface area contributed by atoms with Gasteiger partial charge in [-0.25, -0.2) is 0 Å². The molecule has 3 unspecified atom stereocenters. The van der Waals surface area contributed by atoms with Gasteiger partial charge < -0.3 is 10.1 Å². The second kappa shape index (κ2) is 4.72.